The number of nitrogens with zero attached hydrogens (tertiary/aromatic N) is 2. The highest BCUT2D eigenvalue weighted by Gasteiger charge is 2.31. The van der Waals surface area contributed by atoms with Crippen molar-refractivity contribution in [1.82, 2.24) is 15.3 Å². The molecule has 0 aliphatic carbocycles. The first-order valence-corrected chi connectivity index (χ1v) is 7.36. The third kappa shape index (κ3) is 5.16. The molecule has 1 unspecified atom stereocenters. The van der Waals surface area contributed by atoms with Gasteiger partial charge in [0.2, 0.25) is 0 Å². The molecule has 0 aliphatic heterocycles. The lowest BCUT2D eigenvalue weighted by Gasteiger charge is -2.25. The minimum absolute atomic E-state index is 0.532. The number of carboxylic acid groups (broad SMARTS) is 1. The minimum Gasteiger partial charge on any atom is -0.480 e. The number of aryl methyl sites for hydroxylation is 1. The second-order valence-electron chi connectivity index (χ2n) is 4.71. The van der Waals surface area contributed by atoms with Gasteiger partial charge in [-0.15, -0.1) is 0 Å². The van der Waals surface area contributed by atoms with Crippen molar-refractivity contribution in [2.45, 2.75) is 44.3 Å². The van der Waals surface area contributed by atoms with E-state index in [4.69, 9.17) is 0 Å². The highest BCUT2D eigenvalue weighted by molar-refractivity contribution is 7.99. The number of hydrogen-bond donors (Lipinski definition) is 2. The molecular weight excluding hydrogens is 262 g/mol. The number of aromatic nitrogens is 2. The first kappa shape index (κ1) is 15.9. The second kappa shape index (κ2) is 7.45. The normalized spacial score (nSPS) is 14.1. The van der Waals surface area contributed by atoms with Crippen molar-refractivity contribution in [3.05, 3.63) is 18.0 Å². The molecule has 0 spiro atoms. The first-order chi connectivity index (χ1) is 8.98. The van der Waals surface area contributed by atoms with Crippen LogP contribution in [-0.4, -0.2) is 38.9 Å². The van der Waals surface area contributed by atoms with E-state index in [2.05, 4.69) is 15.3 Å². The molecule has 6 heteroatoms. The van der Waals surface area contributed by atoms with Crippen molar-refractivity contribution >= 4 is 17.7 Å². The Kier molecular flexibility index (Phi) is 6.24. The van der Waals surface area contributed by atoms with Crippen LogP contribution in [-0.2, 0) is 4.79 Å². The molecule has 0 aromatic carbocycles. The Morgan fingerprint density at radius 2 is 2.11 bits per heavy atom. The maximum Gasteiger partial charge on any atom is 0.323 e. The van der Waals surface area contributed by atoms with Crippen LogP contribution >= 0.6 is 11.8 Å². The van der Waals surface area contributed by atoms with Gasteiger partial charge >= 0.3 is 5.97 Å². The van der Waals surface area contributed by atoms with Gasteiger partial charge < -0.3 is 10.4 Å². The molecule has 1 atom stereocenters. The summed E-state index contributed by atoms with van der Waals surface area (Å²) in [7, 11) is 0. The number of hydrogen-bond acceptors (Lipinski definition) is 5. The molecule has 0 saturated heterocycles. The molecule has 5 nitrogen and oxygen atoms in total. The maximum atomic E-state index is 11.3. The Balaban J connectivity index is 2.48. The van der Waals surface area contributed by atoms with Crippen molar-refractivity contribution in [3.63, 3.8) is 0 Å². The summed E-state index contributed by atoms with van der Waals surface area (Å²) < 4.78 is 0. The number of carboxylic acids is 1. The molecule has 2 N–H and O–H groups in total. The molecule has 0 aliphatic rings. The predicted octanol–water partition coefficient (Wildman–Crippen LogP) is 2.11. The molecule has 19 heavy (non-hydrogen) atoms. The van der Waals surface area contributed by atoms with Crippen molar-refractivity contribution in [1.29, 1.82) is 0 Å². The summed E-state index contributed by atoms with van der Waals surface area (Å²) in [6.45, 7) is 6.38. The smallest absolute Gasteiger partial charge is 0.323 e. The lowest BCUT2D eigenvalue weighted by Crippen LogP contribution is -2.50. The van der Waals surface area contributed by atoms with E-state index < -0.39 is 11.5 Å². The third-order valence-electron chi connectivity index (χ3n) is 2.83. The summed E-state index contributed by atoms with van der Waals surface area (Å²) in [6, 6.07) is 0. The number of thioether (sulfide) groups is 1. The Morgan fingerprint density at radius 1 is 1.47 bits per heavy atom. The molecule has 0 saturated carbocycles. The summed E-state index contributed by atoms with van der Waals surface area (Å²) in [5.41, 5.74) is 0.137. The average Bonchev–Trinajstić information content (AvgIpc) is 2.38. The maximum absolute atomic E-state index is 11.3. The second-order valence-corrected chi connectivity index (χ2v) is 5.77. The molecule has 1 rings (SSSR count). The lowest BCUT2D eigenvalue weighted by molar-refractivity contribution is -0.144. The van der Waals surface area contributed by atoms with Crippen LogP contribution in [0.1, 0.15) is 32.3 Å². The molecule has 1 aromatic heterocycles. The number of aliphatic carboxylic acids is 1. The van der Waals surface area contributed by atoms with Crippen LogP contribution in [0, 0.1) is 6.92 Å². The van der Waals surface area contributed by atoms with Crippen LogP contribution in [0.4, 0.5) is 0 Å². The van der Waals surface area contributed by atoms with Crippen LogP contribution in [0.3, 0.4) is 0 Å². The zero-order chi connectivity index (χ0) is 14.3. The molecule has 1 heterocycles. The minimum atomic E-state index is -0.881. The molecule has 1 aromatic rings. The van der Waals surface area contributed by atoms with E-state index in [-0.39, 0.29) is 0 Å². The Hall–Kier alpha value is -1.14. The van der Waals surface area contributed by atoms with Crippen LogP contribution in [0.25, 0.3) is 0 Å². The van der Waals surface area contributed by atoms with E-state index in [0.717, 1.165) is 12.0 Å². The van der Waals surface area contributed by atoms with Gasteiger partial charge in [0.15, 0.2) is 5.16 Å². The largest absolute Gasteiger partial charge is 0.480 e. The van der Waals surface area contributed by atoms with Crippen LogP contribution < -0.4 is 5.32 Å². The van der Waals surface area contributed by atoms with E-state index in [9.17, 15) is 9.90 Å². The van der Waals surface area contributed by atoms with Crippen molar-refractivity contribution in [2.75, 3.05) is 12.3 Å². The predicted molar refractivity (Wildman–Crippen MR) is 76.4 cm³/mol. The fourth-order valence-electron chi connectivity index (χ4n) is 1.47. The summed E-state index contributed by atoms with van der Waals surface area (Å²) in [6.07, 6.45) is 4.98. The zero-order valence-corrected chi connectivity index (χ0v) is 12.5. The average molecular weight is 283 g/mol. The van der Waals surface area contributed by atoms with Crippen LogP contribution in [0.5, 0.6) is 0 Å². The fraction of sp³-hybridized carbons (Fsp3) is 0.615. The van der Waals surface area contributed by atoms with E-state index in [1.54, 1.807) is 19.3 Å². The van der Waals surface area contributed by atoms with Crippen LogP contribution in [0.15, 0.2) is 17.6 Å². The van der Waals surface area contributed by atoms with E-state index in [1.807, 2.05) is 13.8 Å². The number of carbonyl (C=O) groups is 1. The Bertz CT molecular complexity index is 411. The van der Waals surface area contributed by atoms with Crippen molar-refractivity contribution < 1.29 is 9.90 Å². The summed E-state index contributed by atoms with van der Waals surface area (Å²) in [5.74, 6) is -0.144. The van der Waals surface area contributed by atoms with Crippen LogP contribution in [0.2, 0.25) is 0 Å². The standard InChI is InChI=1S/C13H21N3O2S/c1-4-6-16-13(3,11(17)18)5-7-19-12-14-8-10(2)9-15-12/h8-9,16H,4-7H2,1-3H3,(H,17,18). The van der Waals surface area contributed by atoms with Gasteiger partial charge in [-0.2, -0.15) is 0 Å². The van der Waals surface area contributed by atoms with E-state index >= 15 is 0 Å². The van der Waals surface area contributed by atoms with E-state index in [1.165, 1.54) is 11.8 Å². The molecular formula is C13H21N3O2S. The fourth-order valence-corrected chi connectivity index (χ4v) is 2.42. The van der Waals surface area contributed by atoms with Gasteiger partial charge in [0, 0.05) is 18.1 Å². The number of rotatable bonds is 8. The van der Waals surface area contributed by atoms with Crippen molar-refractivity contribution in [2.24, 2.45) is 0 Å². The molecule has 0 radical (unpaired) electrons. The summed E-state index contributed by atoms with van der Waals surface area (Å²) in [4.78, 5) is 19.7. The van der Waals surface area contributed by atoms with Gasteiger partial charge in [0.25, 0.3) is 0 Å². The Morgan fingerprint density at radius 3 is 2.63 bits per heavy atom. The molecule has 106 valence electrons. The summed E-state index contributed by atoms with van der Waals surface area (Å²) in [5, 5.41) is 13.1. The SMILES string of the molecule is CCCNC(C)(CCSc1ncc(C)cn1)C(=O)O. The topological polar surface area (TPSA) is 75.1 Å². The summed E-state index contributed by atoms with van der Waals surface area (Å²) >= 11 is 1.48. The highest BCUT2D eigenvalue weighted by atomic mass is 32.2. The van der Waals surface area contributed by atoms with Gasteiger partial charge in [0.1, 0.15) is 5.54 Å². The molecule has 0 fully saturated rings. The lowest BCUT2D eigenvalue weighted by atomic mass is 9.99. The van der Waals surface area contributed by atoms with Gasteiger partial charge in [0.05, 0.1) is 0 Å². The first-order valence-electron chi connectivity index (χ1n) is 6.38. The van der Waals surface area contributed by atoms with Gasteiger partial charge in [-0.25, -0.2) is 9.97 Å². The number of nitrogens with one attached hydrogen (secondary N) is 1. The Labute approximate surface area is 118 Å². The van der Waals surface area contributed by atoms with Gasteiger partial charge in [-0.1, -0.05) is 18.7 Å². The van der Waals surface area contributed by atoms with Gasteiger partial charge in [-0.05, 0) is 38.8 Å². The third-order valence-corrected chi connectivity index (χ3v) is 3.70. The molecule has 0 amide bonds. The molecule has 0 bridgehead atoms. The highest BCUT2D eigenvalue weighted by Crippen LogP contribution is 2.19. The van der Waals surface area contributed by atoms with Gasteiger partial charge in [-0.3, -0.25) is 4.79 Å². The quantitative estimate of drug-likeness (QED) is 0.562. The van der Waals surface area contributed by atoms with E-state index in [0.29, 0.717) is 23.9 Å². The zero-order valence-electron chi connectivity index (χ0n) is 11.6. The monoisotopic (exact) mass is 283 g/mol. The van der Waals surface area contributed by atoms with Crippen molar-refractivity contribution in [3.8, 4) is 0 Å².